The number of methoxy groups -OCH3 is 1. The molecule has 0 aliphatic rings. The molecule has 2 rings (SSSR count). The van der Waals surface area contributed by atoms with E-state index < -0.39 is 17.7 Å². The van der Waals surface area contributed by atoms with Crippen molar-refractivity contribution in [2.45, 2.75) is 24.6 Å². The summed E-state index contributed by atoms with van der Waals surface area (Å²) >= 11 is 6.50. The van der Waals surface area contributed by atoms with Crippen LogP contribution < -0.4 is 9.47 Å². The number of alkyl halides is 4. The van der Waals surface area contributed by atoms with Gasteiger partial charge in [0.25, 0.3) is 0 Å². The lowest BCUT2D eigenvalue weighted by Crippen LogP contribution is -2.31. The number of hydrogen-bond acceptors (Lipinski definition) is 3. The van der Waals surface area contributed by atoms with E-state index in [1.807, 2.05) is 6.07 Å². The minimum Gasteiger partial charge on any atom is -0.495 e. The van der Waals surface area contributed by atoms with Crippen LogP contribution in [0.25, 0.3) is 0 Å². The minimum atomic E-state index is -4.53. The molecule has 0 aliphatic carbocycles. The fourth-order valence-electron chi connectivity index (χ4n) is 2.28. The largest absolute Gasteiger partial charge is 0.495 e. The molecule has 2 aromatic carbocycles. The van der Waals surface area contributed by atoms with E-state index in [4.69, 9.17) is 21.1 Å². The zero-order chi connectivity index (χ0) is 18.6. The average molecular weight is 370 g/mol. The van der Waals surface area contributed by atoms with Gasteiger partial charge in [-0.1, -0.05) is 30.3 Å². The van der Waals surface area contributed by atoms with Crippen LogP contribution in [0.15, 0.2) is 42.5 Å². The van der Waals surface area contributed by atoms with Crippen molar-refractivity contribution >= 4 is 11.6 Å². The van der Waals surface area contributed by atoms with E-state index in [1.165, 1.54) is 19.2 Å². The van der Waals surface area contributed by atoms with Crippen LogP contribution in [0.2, 0.25) is 0 Å². The molecular weight excluding hydrogens is 355 g/mol. The maximum Gasteiger partial charge on any atom is 0.425 e. The van der Waals surface area contributed by atoms with Crippen LogP contribution >= 0.6 is 11.6 Å². The molecule has 0 amide bonds. The highest BCUT2D eigenvalue weighted by Gasteiger charge is 2.39. The van der Waals surface area contributed by atoms with Gasteiger partial charge >= 0.3 is 6.18 Å². The van der Waals surface area contributed by atoms with E-state index in [9.17, 15) is 18.4 Å². The highest BCUT2D eigenvalue weighted by molar-refractivity contribution is 6.23. The Hall–Kier alpha value is -2.39. The third-order valence-electron chi connectivity index (χ3n) is 3.59. The summed E-state index contributed by atoms with van der Waals surface area (Å²) in [6.07, 6.45) is -6.57. The summed E-state index contributed by atoms with van der Waals surface area (Å²) in [7, 11) is 1.32. The molecule has 3 nitrogen and oxygen atoms in total. The van der Waals surface area contributed by atoms with Gasteiger partial charge in [0.15, 0.2) is 6.10 Å². The summed E-state index contributed by atoms with van der Waals surface area (Å²) in [5, 5.41) is 8.39. The third kappa shape index (κ3) is 4.18. The number of hydrogen-bond donors (Lipinski definition) is 0. The van der Waals surface area contributed by atoms with Crippen LogP contribution in [-0.4, -0.2) is 19.4 Å². The van der Waals surface area contributed by atoms with Crippen molar-refractivity contribution in [3.63, 3.8) is 0 Å². The van der Waals surface area contributed by atoms with Gasteiger partial charge in [-0.05, 0) is 24.6 Å². The number of nitrogens with zero attached hydrogens (tertiary/aromatic N) is 1. The first-order valence-corrected chi connectivity index (χ1v) is 7.76. The highest BCUT2D eigenvalue weighted by atomic mass is 35.5. The molecule has 2 aromatic rings. The van der Waals surface area contributed by atoms with Crippen molar-refractivity contribution in [1.82, 2.24) is 0 Å². The van der Waals surface area contributed by atoms with E-state index in [0.717, 1.165) is 6.92 Å². The predicted octanol–water partition coefficient (Wildman–Crippen LogP) is 5.22. The van der Waals surface area contributed by atoms with E-state index in [0.29, 0.717) is 5.56 Å². The van der Waals surface area contributed by atoms with Gasteiger partial charge in [-0.25, -0.2) is 0 Å². The standard InChI is InChI=1S/C18H15ClF3NO2/c1-11(18(20,21)22)25-14-9-8-13(10-23)17(24-2)15(14)16(19)12-6-4-3-5-7-12/h3-9,11,16H,1-2H3/t11?,16-/m0/s1. The average Bonchev–Trinajstić information content (AvgIpc) is 2.60. The number of ether oxygens (including phenoxy) is 2. The smallest absolute Gasteiger partial charge is 0.425 e. The van der Waals surface area contributed by atoms with E-state index >= 15 is 0 Å². The Morgan fingerprint density at radius 1 is 1.12 bits per heavy atom. The molecule has 1 unspecified atom stereocenters. The monoisotopic (exact) mass is 369 g/mol. The Morgan fingerprint density at radius 3 is 2.28 bits per heavy atom. The molecule has 0 radical (unpaired) electrons. The molecule has 0 aliphatic heterocycles. The summed E-state index contributed by atoms with van der Waals surface area (Å²) in [4.78, 5) is 0. The summed E-state index contributed by atoms with van der Waals surface area (Å²) in [6.45, 7) is 0.903. The lowest BCUT2D eigenvalue weighted by molar-refractivity contribution is -0.189. The van der Waals surface area contributed by atoms with E-state index in [1.54, 1.807) is 30.3 Å². The van der Waals surface area contributed by atoms with Crippen LogP contribution in [0.1, 0.15) is 29.0 Å². The van der Waals surface area contributed by atoms with Crippen LogP contribution in [0.4, 0.5) is 13.2 Å². The van der Waals surface area contributed by atoms with Gasteiger partial charge in [0, 0.05) is 0 Å². The molecule has 132 valence electrons. The maximum absolute atomic E-state index is 12.9. The molecule has 0 N–H and O–H groups in total. The third-order valence-corrected chi connectivity index (χ3v) is 4.06. The van der Waals surface area contributed by atoms with Gasteiger partial charge in [0.2, 0.25) is 0 Å². The van der Waals surface area contributed by atoms with Crippen LogP contribution in [0.3, 0.4) is 0 Å². The molecule has 0 bridgehead atoms. The molecule has 0 saturated heterocycles. The molecule has 0 fully saturated rings. The molecule has 2 atom stereocenters. The SMILES string of the molecule is COc1c(C#N)ccc(OC(C)C(F)(F)F)c1[C@@H](Cl)c1ccccc1. The van der Waals surface area contributed by atoms with Crippen LogP contribution in [-0.2, 0) is 0 Å². The van der Waals surface area contributed by atoms with Crippen molar-refractivity contribution in [2.75, 3.05) is 7.11 Å². The van der Waals surface area contributed by atoms with Crippen molar-refractivity contribution in [1.29, 1.82) is 5.26 Å². The van der Waals surface area contributed by atoms with E-state index in [2.05, 4.69) is 0 Å². The normalized spacial score (nSPS) is 13.6. The summed E-state index contributed by atoms with van der Waals surface area (Å²) < 4.78 is 49.0. The van der Waals surface area contributed by atoms with Crippen molar-refractivity contribution in [3.05, 3.63) is 59.2 Å². The first kappa shape index (κ1) is 18.9. The number of halogens is 4. The zero-order valence-electron chi connectivity index (χ0n) is 13.5. The van der Waals surface area contributed by atoms with Crippen molar-refractivity contribution < 1.29 is 22.6 Å². The number of nitriles is 1. The van der Waals surface area contributed by atoms with Crippen LogP contribution in [0, 0.1) is 11.3 Å². The Labute approximate surface area is 148 Å². The topological polar surface area (TPSA) is 42.2 Å². The second-order valence-corrected chi connectivity index (χ2v) is 5.68. The fourth-order valence-corrected chi connectivity index (χ4v) is 2.63. The summed E-state index contributed by atoms with van der Waals surface area (Å²) in [5.41, 5.74) is 0.985. The molecule has 25 heavy (non-hydrogen) atoms. The van der Waals surface area contributed by atoms with Gasteiger partial charge in [-0.3, -0.25) is 0 Å². The first-order chi connectivity index (χ1) is 11.8. The second kappa shape index (κ2) is 7.66. The van der Waals surface area contributed by atoms with Crippen LogP contribution in [0.5, 0.6) is 11.5 Å². The molecule has 0 heterocycles. The lowest BCUT2D eigenvalue weighted by atomic mass is 9.99. The van der Waals surface area contributed by atoms with Gasteiger partial charge in [-0.2, -0.15) is 18.4 Å². The van der Waals surface area contributed by atoms with Gasteiger partial charge < -0.3 is 9.47 Å². The fraction of sp³-hybridized carbons (Fsp3) is 0.278. The van der Waals surface area contributed by atoms with Gasteiger partial charge in [0.1, 0.15) is 17.6 Å². The molecule has 7 heteroatoms. The number of benzene rings is 2. The second-order valence-electron chi connectivity index (χ2n) is 5.24. The summed E-state index contributed by atoms with van der Waals surface area (Å²) in [5.74, 6) is 0.0164. The molecule has 0 spiro atoms. The quantitative estimate of drug-likeness (QED) is 0.678. The highest BCUT2D eigenvalue weighted by Crippen LogP contribution is 2.44. The Balaban J connectivity index is 2.59. The first-order valence-electron chi connectivity index (χ1n) is 7.33. The summed E-state index contributed by atoms with van der Waals surface area (Å²) in [6, 6.07) is 13.3. The Kier molecular flexibility index (Phi) is 5.81. The lowest BCUT2D eigenvalue weighted by Gasteiger charge is -2.23. The Bertz CT molecular complexity index is 772. The Morgan fingerprint density at radius 2 is 1.76 bits per heavy atom. The molecular formula is C18H15ClF3NO2. The van der Waals surface area contributed by atoms with E-state index in [-0.39, 0.29) is 22.6 Å². The number of rotatable bonds is 5. The minimum absolute atomic E-state index is 0.0791. The molecule has 0 aromatic heterocycles. The predicted molar refractivity (Wildman–Crippen MR) is 88.0 cm³/mol. The molecule has 0 saturated carbocycles. The van der Waals surface area contributed by atoms with Crippen molar-refractivity contribution in [3.8, 4) is 17.6 Å². The van der Waals surface area contributed by atoms with Crippen molar-refractivity contribution in [2.24, 2.45) is 0 Å². The van der Waals surface area contributed by atoms with Gasteiger partial charge in [0.05, 0.1) is 23.6 Å². The van der Waals surface area contributed by atoms with Gasteiger partial charge in [-0.15, -0.1) is 11.6 Å². The maximum atomic E-state index is 12.9. The zero-order valence-corrected chi connectivity index (χ0v) is 14.2.